The zero-order chi connectivity index (χ0) is 16.0. The fourth-order valence-corrected chi connectivity index (χ4v) is 6.70. The van der Waals surface area contributed by atoms with E-state index >= 15 is 0 Å². The van der Waals surface area contributed by atoms with Crippen LogP contribution in [0.1, 0.15) is 25.7 Å². The Morgan fingerprint density at radius 3 is 2.43 bits per heavy atom. The number of hydrogen-bond donors (Lipinski definition) is 1. The largest absolute Gasteiger partial charge is 0.320 e. The SMILES string of the molecule is O=C1C[NH+](C2CCCC2)[C@@H]2CS(=O)(=O)C[C@@H]2N1c1ccccc1. The van der Waals surface area contributed by atoms with Gasteiger partial charge in [0.2, 0.25) is 0 Å². The van der Waals surface area contributed by atoms with Crippen LogP contribution in [-0.4, -0.2) is 50.5 Å². The van der Waals surface area contributed by atoms with E-state index in [1.54, 1.807) is 4.90 Å². The van der Waals surface area contributed by atoms with Gasteiger partial charge < -0.3 is 4.90 Å². The fourth-order valence-electron chi connectivity index (χ4n) is 4.68. The predicted molar refractivity (Wildman–Crippen MR) is 88.2 cm³/mol. The van der Waals surface area contributed by atoms with Crippen LogP contribution in [0.5, 0.6) is 0 Å². The van der Waals surface area contributed by atoms with E-state index in [0.29, 0.717) is 12.6 Å². The molecule has 0 radical (unpaired) electrons. The van der Waals surface area contributed by atoms with E-state index in [0.717, 1.165) is 18.5 Å². The number of benzene rings is 1. The summed E-state index contributed by atoms with van der Waals surface area (Å²) in [4.78, 5) is 15.8. The number of carbonyl (C=O) groups excluding carboxylic acids is 1. The van der Waals surface area contributed by atoms with Crippen molar-refractivity contribution in [2.24, 2.45) is 0 Å². The Morgan fingerprint density at radius 2 is 1.74 bits per heavy atom. The van der Waals surface area contributed by atoms with Crippen molar-refractivity contribution in [3.8, 4) is 0 Å². The highest BCUT2D eigenvalue weighted by Gasteiger charge is 2.54. The summed E-state index contributed by atoms with van der Waals surface area (Å²) >= 11 is 0. The molecule has 1 unspecified atom stereocenters. The van der Waals surface area contributed by atoms with Gasteiger partial charge in [0.15, 0.2) is 16.4 Å². The van der Waals surface area contributed by atoms with Crippen LogP contribution in [-0.2, 0) is 14.6 Å². The topological polar surface area (TPSA) is 58.9 Å². The molecular formula is C17H23N2O3S+. The van der Waals surface area contributed by atoms with E-state index < -0.39 is 9.84 Å². The molecule has 1 N–H and O–H groups in total. The van der Waals surface area contributed by atoms with Crippen LogP contribution in [0, 0.1) is 0 Å². The van der Waals surface area contributed by atoms with Gasteiger partial charge >= 0.3 is 0 Å². The summed E-state index contributed by atoms with van der Waals surface area (Å²) < 4.78 is 24.6. The number of fused-ring (bicyclic) bond motifs is 1. The van der Waals surface area contributed by atoms with Gasteiger partial charge in [0.05, 0.1) is 11.8 Å². The first-order valence-corrected chi connectivity index (χ1v) is 10.3. The van der Waals surface area contributed by atoms with Crippen molar-refractivity contribution in [1.29, 1.82) is 0 Å². The number of anilines is 1. The molecule has 124 valence electrons. The van der Waals surface area contributed by atoms with Gasteiger partial charge in [-0.15, -0.1) is 0 Å². The third kappa shape index (κ3) is 2.68. The normalized spacial score (nSPS) is 33.8. The van der Waals surface area contributed by atoms with Crippen molar-refractivity contribution in [1.82, 2.24) is 0 Å². The monoisotopic (exact) mass is 335 g/mol. The maximum absolute atomic E-state index is 12.8. The molecular weight excluding hydrogens is 312 g/mol. The van der Waals surface area contributed by atoms with E-state index in [2.05, 4.69) is 0 Å². The summed E-state index contributed by atoms with van der Waals surface area (Å²) in [6.45, 7) is 0.427. The first kappa shape index (κ1) is 15.1. The van der Waals surface area contributed by atoms with Gasteiger partial charge in [-0.25, -0.2) is 8.42 Å². The van der Waals surface area contributed by atoms with Gasteiger partial charge in [-0.3, -0.25) is 9.69 Å². The molecule has 2 aliphatic heterocycles. The molecule has 2 saturated heterocycles. The molecule has 1 amide bonds. The Bertz CT molecular complexity index is 698. The maximum Gasteiger partial charge on any atom is 0.282 e. The lowest BCUT2D eigenvalue weighted by atomic mass is 10.00. The lowest BCUT2D eigenvalue weighted by Crippen LogP contribution is -3.23. The number of hydrogen-bond acceptors (Lipinski definition) is 3. The van der Waals surface area contributed by atoms with Crippen LogP contribution in [0.2, 0.25) is 0 Å². The number of sulfone groups is 1. The summed E-state index contributed by atoms with van der Waals surface area (Å²) in [5.41, 5.74) is 0.829. The van der Waals surface area contributed by atoms with Crippen LogP contribution in [0.4, 0.5) is 5.69 Å². The summed E-state index contributed by atoms with van der Waals surface area (Å²) in [6.07, 6.45) is 4.65. The van der Waals surface area contributed by atoms with Crippen LogP contribution < -0.4 is 9.80 Å². The minimum absolute atomic E-state index is 0.0287. The van der Waals surface area contributed by atoms with Crippen molar-refractivity contribution in [2.75, 3.05) is 23.0 Å². The second-order valence-electron chi connectivity index (χ2n) is 7.08. The highest BCUT2D eigenvalue weighted by Crippen LogP contribution is 2.27. The quantitative estimate of drug-likeness (QED) is 0.829. The number of piperazine rings is 1. The van der Waals surface area contributed by atoms with Crippen LogP contribution >= 0.6 is 0 Å². The summed E-state index contributed by atoms with van der Waals surface area (Å²) in [5.74, 6) is 0.394. The lowest BCUT2D eigenvalue weighted by molar-refractivity contribution is -0.941. The van der Waals surface area contributed by atoms with Crippen molar-refractivity contribution in [2.45, 2.75) is 43.8 Å². The van der Waals surface area contributed by atoms with Gasteiger partial charge in [0, 0.05) is 5.69 Å². The molecule has 1 aromatic carbocycles. The molecule has 3 fully saturated rings. The Morgan fingerprint density at radius 1 is 1.04 bits per heavy atom. The van der Waals surface area contributed by atoms with Gasteiger partial charge in [-0.05, 0) is 37.8 Å². The fraction of sp³-hybridized carbons (Fsp3) is 0.588. The van der Waals surface area contributed by atoms with E-state index in [4.69, 9.17) is 0 Å². The first-order valence-electron chi connectivity index (χ1n) is 8.48. The Labute approximate surface area is 137 Å². The van der Waals surface area contributed by atoms with Gasteiger partial charge in [-0.2, -0.15) is 0 Å². The van der Waals surface area contributed by atoms with Crippen molar-refractivity contribution in [3.63, 3.8) is 0 Å². The third-order valence-electron chi connectivity index (χ3n) is 5.67. The minimum Gasteiger partial charge on any atom is -0.320 e. The molecule has 3 atom stereocenters. The third-order valence-corrected chi connectivity index (χ3v) is 7.38. The molecule has 0 spiro atoms. The Hall–Kier alpha value is -1.40. The number of carbonyl (C=O) groups is 1. The smallest absolute Gasteiger partial charge is 0.282 e. The van der Waals surface area contributed by atoms with E-state index in [1.807, 2.05) is 30.3 Å². The second kappa shape index (κ2) is 5.60. The molecule has 0 aromatic heterocycles. The van der Waals surface area contributed by atoms with Crippen LogP contribution in [0.25, 0.3) is 0 Å². The van der Waals surface area contributed by atoms with Crippen molar-refractivity contribution >= 4 is 21.4 Å². The molecule has 1 saturated carbocycles. The molecule has 1 aromatic rings. The Kier molecular flexibility index (Phi) is 3.69. The zero-order valence-electron chi connectivity index (χ0n) is 13.1. The number of amides is 1. The number of nitrogens with zero attached hydrogens (tertiary/aromatic N) is 1. The number of nitrogens with one attached hydrogen (secondary N) is 1. The second-order valence-corrected chi connectivity index (χ2v) is 9.24. The summed E-state index contributed by atoms with van der Waals surface area (Å²) in [5, 5.41) is 0. The van der Waals surface area contributed by atoms with E-state index in [1.165, 1.54) is 17.7 Å². The molecule has 1 aliphatic carbocycles. The van der Waals surface area contributed by atoms with Gasteiger partial charge in [0.25, 0.3) is 5.91 Å². The maximum atomic E-state index is 12.8. The molecule has 6 heteroatoms. The highest BCUT2D eigenvalue weighted by molar-refractivity contribution is 7.91. The van der Waals surface area contributed by atoms with Crippen LogP contribution in [0.3, 0.4) is 0 Å². The number of rotatable bonds is 2. The minimum atomic E-state index is -3.07. The molecule has 5 nitrogen and oxygen atoms in total. The average molecular weight is 335 g/mol. The average Bonchev–Trinajstić information content (AvgIpc) is 3.14. The Balaban J connectivity index is 1.70. The summed E-state index contributed by atoms with van der Waals surface area (Å²) in [7, 11) is -3.07. The molecule has 3 aliphatic rings. The molecule has 2 heterocycles. The number of para-hydroxylation sites is 1. The van der Waals surface area contributed by atoms with Crippen molar-refractivity contribution < 1.29 is 18.1 Å². The van der Waals surface area contributed by atoms with E-state index in [-0.39, 0.29) is 29.5 Å². The number of quaternary nitrogens is 1. The van der Waals surface area contributed by atoms with E-state index in [9.17, 15) is 13.2 Å². The zero-order valence-corrected chi connectivity index (χ0v) is 14.0. The molecule has 0 bridgehead atoms. The first-order chi connectivity index (χ1) is 11.1. The summed E-state index contributed by atoms with van der Waals surface area (Å²) in [6, 6.07) is 9.80. The predicted octanol–water partition coefficient (Wildman–Crippen LogP) is 0.0263. The molecule has 23 heavy (non-hydrogen) atoms. The van der Waals surface area contributed by atoms with Gasteiger partial charge in [-0.1, -0.05) is 18.2 Å². The molecule has 4 rings (SSSR count). The lowest BCUT2D eigenvalue weighted by Gasteiger charge is -2.43. The van der Waals surface area contributed by atoms with Crippen LogP contribution in [0.15, 0.2) is 30.3 Å². The van der Waals surface area contributed by atoms with Crippen molar-refractivity contribution in [3.05, 3.63) is 30.3 Å². The van der Waals surface area contributed by atoms with Gasteiger partial charge in [0.1, 0.15) is 17.8 Å². The standard InChI is InChI=1S/C17H22N2O3S/c20-17-10-18(13-6-4-5-7-13)15-11-23(21,22)12-16(15)19(17)14-8-2-1-3-9-14/h1-3,8-9,13,15-16H,4-7,10-12H2/p+1/t15-,16+/m1/s1. The highest BCUT2D eigenvalue weighted by atomic mass is 32.2.